The summed E-state index contributed by atoms with van der Waals surface area (Å²) in [5.74, 6) is 0.320. The summed E-state index contributed by atoms with van der Waals surface area (Å²) in [5.41, 5.74) is 7.78. The van der Waals surface area contributed by atoms with Crippen molar-refractivity contribution in [1.82, 2.24) is 4.98 Å². The molecule has 0 unspecified atom stereocenters. The fraction of sp³-hybridized carbons (Fsp3) is 0.0833. The molecule has 0 bridgehead atoms. The first-order chi connectivity index (χ1) is 8.13. The average molecular weight is 269 g/mol. The monoisotopic (exact) mass is 268 g/mol. The van der Waals surface area contributed by atoms with Gasteiger partial charge in [-0.1, -0.05) is 35.3 Å². The van der Waals surface area contributed by atoms with Crippen molar-refractivity contribution in [3.8, 4) is 11.1 Å². The van der Waals surface area contributed by atoms with Crippen molar-refractivity contribution in [2.75, 3.05) is 5.73 Å². The van der Waals surface area contributed by atoms with Gasteiger partial charge in [0.05, 0.1) is 22.3 Å². The van der Waals surface area contributed by atoms with E-state index in [0.717, 1.165) is 5.56 Å². The molecule has 17 heavy (non-hydrogen) atoms. The van der Waals surface area contributed by atoms with Gasteiger partial charge >= 0.3 is 0 Å². The topological polar surface area (TPSA) is 59.1 Å². The molecule has 0 atom stereocenters. The molecule has 1 aromatic carbocycles. The number of rotatable bonds is 2. The number of nitrogen functional groups attached to an aromatic ring is 1. The summed E-state index contributed by atoms with van der Waals surface area (Å²) in [6, 6.07) is 8.79. The van der Waals surface area contributed by atoms with Crippen molar-refractivity contribution in [1.29, 1.82) is 0 Å². The highest BCUT2D eigenvalue weighted by molar-refractivity contribution is 6.43. The summed E-state index contributed by atoms with van der Waals surface area (Å²) in [6.07, 6.45) is 0. The Hall–Kier alpha value is -1.29. The smallest absolute Gasteiger partial charge is 0.131 e. The number of anilines is 1. The van der Waals surface area contributed by atoms with Crippen LogP contribution in [0.25, 0.3) is 11.1 Å². The van der Waals surface area contributed by atoms with Crippen molar-refractivity contribution >= 4 is 29.0 Å². The van der Waals surface area contributed by atoms with Gasteiger partial charge in [0.1, 0.15) is 5.82 Å². The standard InChI is InChI=1S/C12H10Cl2N2O/c13-10-3-1-2-8(11(10)14)9-5-4-7(6-17)16-12(9)15/h1-5,17H,6H2,(H2,15,16). The van der Waals surface area contributed by atoms with Crippen LogP contribution in [0, 0.1) is 0 Å². The van der Waals surface area contributed by atoms with Gasteiger partial charge in [-0.15, -0.1) is 0 Å². The van der Waals surface area contributed by atoms with Crippen LogP contribution in [0.4, 0.5) is 5.82 Å². The molecule has 0 radical (unpaired) electrons. The molecule has 0 aliphatic heterocycles. The summed E-state index contributed by atoms with van der Waals surface area (Å²) in [6.45, 7) is -0.145. The maximum absolute atomic E-state index is 8.96. The molecule has 1 aromatic heterocycles. The van der Waals surface area contributed by atoms with Crippen LogP contribution in [-0.4, -0.2) is 10.1 Å². The van der Waals surface area contributed by atoms with Crippen LogP contribution in [-0.2, 0) is 6.61 Å². The number of aromatic nitrogens is 1. The summed E-state index contributed by atoms with van der Waals surface area (Å²) >= 11 is 12.1. The van der Waals surface area contributed by atoms with E-state index in [1.807, 2.05) is 6.07 Å². The molecule has 0 saturated carbocycles. The molecule has 3 N–H and O–H groups in total. The van der Waals surface area contributed by atoms with Crippen molar-refractivity contribution in [2.45, 2.75) is 6.61 Å². The van der Waals surface area contributed by atoms with Crippen LogP contribution >= 0.6 is 23.2 Å². The lowest BCUT2D eigenvalue weighted by molar-refractivity contribution is 0.277. The normalized spacial score (nSPS) is 10.5. The molecule has 0 saturated heterocycles. The second-order valence-corrected chi connectivity index (χ2v) is 4.28. The van der Waals surface area contributed by atoms with E-state index in [1.165, 1.54) is 0 Å². The maximum Gasteiger partial charge on any atom is 0.131 e. The summed E-state index contributed by atoms with van der Waals surface area (Å²) in [5, 5.41) is 9.87. The number of aliphatic hydroxyl groups excluding tert-OH is 1. The third-order valence-corrected chi connectivity index (χ3v) is 3.21. The Morgan fingerprint density at radius 3 is 2.53 bits per heavy atom. The van der Waals surface area contributed by atoms with Gasteiger partial charge in [0.15, 0.2) is 0 Å². The van der Waals surface area contributed by atoms with Crippen LogP contribution < -0.4 is 5.73 Å². The Balaban J connectivity index is 2.57. The van der Waals surface area contributed by atoms with E-state index in [0.29, 0.717) is 27.1 Å². The van der Waals surface area contributed by atoms with E-state index < -0.39 is 0 Å². The molecule has 3 nitrogen and oxygen atoms in total. The van der Waals surface area contributed by atoms with Gasteiger partial charge in [0.25, 0.3) is 0 Å². The number of nitrogens with zero attached hydrogens (tertiary/aromatic N) is 1. The van der Waals surface area contributed by atoms with Crippen LogP contribution in [0.15, 0.2) is 30.3 Å². The van der Waals surface area contributed by atoms with Gasteiger partial charge in [-0.2, -0.15) is 0 Å². The number of nitrogens with two attached hydrogens (primary N) is 1. The first-order valence-corrected chi connectivity index (χ1v) is 5.69. The number of halogens is 2. The molecule has 0 amide bonds. The second-order valence-electron chi connectivity index (χ2n) is 3.49. The number of hydrogen-bond acceptors (Lipinski definition) is 3. The molecular weight excluding hydrogens is 259 g/mol. The molecule has 0 fully saturated rings. The predicted octanol–water partition coefficient (Wildman–Crippen LogP) is 3.13. The number of aliphatic hydroxyl groups is 1. The van der Waals surface area contributed by atoms with Crippen molar-refractivity contribution in [2.24, 2.45) is 0 Å². The number of hydrogen-bond donors (Lipinski definition) is 2. The largest absolute Gasteiger partial charge is 0.390 e. The molecule has 88 valence electrons. The zero-order valence-corrected chi connectivity index (χ0v) is 10.3. The van der Waals surface area contributed by atoms with Gasteiger partial charge in [0, 0.05) is 11.1 Å². The molecule has 2 rings (SSSR count). The fourth-order valence-electron chi connectivity index (χ4n) is 1.54. The highest BCUT2D eigenvalue weighted by Gasteiger charge is 2.10. The zero-order chi connectivity index (χ0) is 12.4. The number of benzene rings is 1. The van der Waals surface area contributed by atoms with Gasteiger partial charge in [-0.25, -0.2) is 4.98 Å². The second kappa shape index (κ2) is 4.92. The minimum atomic E-state index is -0.145. The summed E-state index contributed by atoms with van der Waals surface area (Å²) in [4.78, 5) is 4.06. The third kappa shape index (κ3) is 2.36. The Morgan fingerprint density at radius 2 is 1.88 bits per heavy atom. The highest BCUT2D eigenvalue weighted by atomic mass is 35.5. The minimum absolute atomic E-state index is 0.145. The van der Waals surface area contributed by atoms with E-state index in [2.05, 4.69) is 4.98 Å². The molecule has 2 aromatic rings. The SMILES string of the molecule is Nc1nc(CO)ccc1-c1cccc(Cl)c1Cl. The quantitative estimate of drug-likeness (QED) is 0.880. The molecule has 0 aliphatic rings. The van der Waals surface area contributed by atoms with Crippen LogP contribution in [0.5, 0.6) is 0 Å². The molecule has 1 heterocycles. The minimum Gasteiger partial charge on any atom is -0.390 e. The summed E-state index contributed by atoms with van der Waals surface area (Å²) in [7, 11) is 0. The lowest BCUT2D eigenvalue weighted by Crippen LogP contribution is -1.98. The predicted molar refractivity (Wildman–Crippen MR) is 70.0 cm³/mol. The molecular formula is C12H10Cl2N2O. The first-order valence-electron chi connectivity index (χ1n) is 4.94. The van der Waals surface area contributed by atoms with Crippen molar-refractivity contribution in [3.63, 3.8) is 0 Å². The third-order valence-electron chi connectivity index (χ3n) is 2.39. The van der Waals surface area contributed by atoms with E-state index in [9.17, 15) is 0 Å². The highest BCUT2D eigenvalue weighted by Crippen LogP contribution is 2.35. The Bertz CT molecular complexity index is 558. The van der Waals surface area contributed by atoms with Crippen molar-refractivity contribution < 1.29 is 5.11 Å². The molecule has 0 spiro atoms. The lowest BCUT2D eigenvalue weighted by atomic mass is 10.1. The molecule has 0 aliphatic carbocycles. The van der Waals surface area contributed by atoms with Gasteiger partial charge in [-0.3, -0.25) is 0 Å². The van der Waals surface area contributed by atoms with Crippen LogP contribution in [0.1, 0.15) is 5.69 Å². The van der Waals surface area contributed by atoms with E-state index >= 15 is 0 Å². The first kappa shape index (κ1) is 12.2. The lowest BCUT2D eigenvalue weighted by Gasteiger charge is -2.09. The van der Waals surface area contributed by atoms with Crippen molar-refractivity contribution in [3.05, 3.63) is 46.1 Å². The van der Waals surface area contributed by atoms with E-state index in [1.54, 1.807) is 24.3 Å². The van der Waals surface area contributed by atoms with E-state index in [4.69, 9.17) is 34.0 Å². The number of pyridine rings is 1. The Morgan fingerprint density at radius 1 is 1.12 bits per heavy atom. The van der Waals surface area contributed by atoms with E-state index in [-0.39, 0.29) is 6.61 Å². The van der Waals surface area contributed by atoms with Gasteiger partial charge < -0.3 is 10.8 Å². The zero-order valence-electron chi connectivity index (χ0n) is 8.82. The summed E-state index contributed by atoms with van der Waals surface area (Å²) < 4.78 is 0. The Kier molecular flexibility index (Phi) is 3.52. The average Bonchev–Trinajstić information content (AvgIpc) is 2.33. The van der Waals surface area contributed by atoms with Gasteiger partial charge in [0.2, 0.25) is 0 Å². The van der Waals surface area contributed by atoms with Crippen LogP contribution in [0.3, 0.4) is 0 Å². The Labute approximate surface area is 109 Å². The fourth-order valence-corrected chi connectivity index (χ4v) is 1.95. The van der Waals surface area contributed by atoms with Gasteiger partial charge in [-0.05, 0) is 18.2 Å². The van der Waals surface area contributed by atoms with Crippen LogP contribution in [0.2, 0.25) is 10.0 Å². The maximum atomic E-state index is 8.96. The molecule has 5 heteroatoms.